The molecule has 32 heavy (non-hydrogen) atoms. The first-order chi connectivity index (χ1) is 15.6. The van der Waals surface area contributed by atoms with Crippen LogP contribution in [0.4, 0.5) is 0 Å². The van der Waals surface area contributed by atoms with Crippen molar-refractivity contribution in [3.8, 4) is 0 Å². The fourth-order valence-corrected chi connectivity index (χ4v) is 3.77. The van der Waals surface area contributed by atoms with Crippen molar-refractivity contribution >= 4 is 22.6 Å². The van der Waals surface area contributed by atoms with Gasteiger partial charge in [-0.2, -0.15) is 0 Å². The molecule has 0 aliphatic carbocycles. The number of amides is 1. The normalized spacial score (nSPS) is 11.3. The number of pyridine rings is 2. The Morgan fingerprint density at radius 3 is 2.75 bits per heavy atom. The number of hydrogen-bond donors (Lipinski definition) is 2. The van der Waals surface area contributed by atoms with Gasteiger partial charge in [-0.15, -0.1) is 0 Å². The third-order valence-electron chi connectivity index (χ3n) is 5.50. The molecular formula is C24H33N5O3. The van der Waals surface area contributed by atoms with E-state index in [4.69, 9.17) is 10.1 Å². The van der Waals surface area contributed by atoms with E-state index in [0.717, 1.165) is 19.3 Å². The van der Waals surface area contributed by atoms with Crippen LogP contribution in [0.1, 0.15) is 62.7 Å². The minimum Gasteiger partial charge on any atom is -0.382 e. The molecule has 8 nitrogen and oxygen atoms in total. The summed E-state index contributed by atoms with van der Waals surface area (Å²) < 4.78 is 8.55. The second-order valence-electron chi connectivity index (χ2n) is 7.86. The summed E-state index contributed by atoms with van der Waals surface area (Å²) >= 11 is 0. The SMILES string of the molecule is CCCCCCCNC(=O)c1cc2c(=O)n3ccccc3nc2n(CCCOCC)c1=N. The monoisotopic (exact) mass is 439 g/mol. The quantitative estimate of drug-likeness (QED) is 0.334. The predicted molar refractivity (Wildman–Crippen MR) is 125 cm³/mol. The van der Waals surface area contributed by atoms with Gasteiger partial charge in [0.25, 0.3) is 11.5 Å². The first kappa shape index (κ1) is 23.7. The summed E-state index contributed by atoms with van der Waals surface area (Å²) in [6.45, 7) is 6.24. The Balaban J connectivity index is 1.97. The molecule has 0 aliphatic rings. The Morgan fingerprint density at radius 2 is 1.97 bits per heavy atom. The van der Waals surface area contributed by atoms with E-state index in [1.165, 1.54) is 23.3 Å². The summed E-state index contributed by atoms with van der Waals surface area (Å²) in [6, 6.07) is 6.85. The predicted octanol–water partition coefficient (Wildman–Crippen LogP) is 3.26. The molecule has 0 aromatic carbocycles. The second kappa shape index (κ2) is 11.6. The smallest absolute Gasteiger partial charge is 0.267 e. The first-order valence-corrected chi connectivity index (χ1v) is 11.5. The van der Waals surface area contributed by atoms with Gasteiger partial charge in [-0.05, 0) is 38.0 Å². The van der Waals surface area contributed by atoms with Crippen molar-refractivity contribution in [1.82, 2.24) is 19.3 Å². The third-order valence-corrected chi connectivity index (χ3v) is 5.50. The van der Waals surface area contributed by atoms with Gasteiger partial charge in [0.1, 0.15) is 16.8 Å². The van der Waals surface area contributed by atoms with Gasteiger partial charge in [0.15, 0.2) is 0 Å². The zero-order valence-electron chi connectivity index (χ0n) is 19.0. The van der Waals surface area contributed by atoms with Crippen LogP contribution in [0, 0.1) is 5.41 Å². The number of hydrogen-bond acceptors (Lipinski definition) is 5. The Morgan fingerprint density at radius 1 is 1.16 bits per heavy atom. The summed E-state index contributed by atoms with van der Waals surface area (Å²) in [6.07, 6.45) is 7.80. The molecule has 8 heteroatoms. The average molecular weight is 440 g/mol. The van der Waals surface area contributed by atoms with E-state index < -0.39 is 0 Å². The van der Waals surface area contributed by atoms with Gasteiger partial charge in [0.05, 0.1) is 10.9 Å². The van der Waals surface area contributed by atoms with E-state index in [9.17, 15) is 9.59 Å². The van der Waals surface area contributed by atoms with Crippen molar-refractivity contribution in [3.63, 3.8) is 0 Å². The van der Waals surface area contributed by atoms with Gasteiger partial charge in [-0.3, -0.25) is 19.4 Å². The van der Waals surface area contributed by atoms with Gasteiger partial charge in [-0.25, -0.2) is 4.98 Å². The molecule has 3 aromatic rings. The summed E-state index contributed by atoms with van der Waals surface area (Å²) in [5, 5.41) is 11.9. The molecule has 0 atom stereocenters. The Kier molecular flexibility index (Phi) is 8.56. The van der Waals surface area contributed by atoms with E-state index >= 15 is 0 Å². The summed E-state index contributed by atoms with van der Waals surface area (Å²) in [5.74, 6) is -0.330. The number of unbranched alkanes of at least 4 members (excludes halogenated alkanes) is 4. The largest absolute Gasteiger partial charge is 0.382 e. The zero-order chi connectivity index (χ0) is 22.9. The van der Waals surface area contributed by atoms with E-state index in [-0.39, 0.29) is 22.5 Å². The van der Waals surface area contributed by atoms with Gasteiger partial charge in [0.2, 0.25) is 0 Å². The molecule has 172 valence electrons. The number of carbonyl (C=O) groups is 1. The van der Waals surface area contributed by atoms with Crippen LogP contribution in [0.25, 0.3) is 16.7 Å². The van der Waals surface area contributed by atoms with Crippen LogP contribution in [0.2, 0.25) is 0 Å². The van der Waals surface area contributed by atoms with Crippen molar-refractivity contribution in [2.75, 3.05) is 19.8 Å². The molecule has 3 rings (SSSR count). The number of rotatable bonds is 12. The van der Waals surface area contributed by atoms with Crippen molar-refractivity contribution < 1.29 is 9.53 Å². The van der Waals surface area contributed by atoms with Crippen molar-refractivity contribution in [2.24, 2.45) is 0 Å². The highest BCUT2D eigenvalue weighted by molar-refractivity contribution is 5.96. The minimum atomic E-state index is -0.330. The van der Waals surface area contributed by atoms with Crippen molar-refractivity contribution in [3.05, 3.63) is 51.9 Å². The van der Waals surface area contributed by atoms with E-state index in [0.29, 0.717) is 49.4 Å². The lowest BCUT2D eigenvalue weighted by molar-refractivity contribution is 0.0950. The fourth-order valence-electron chi connectivity index (χ4n) is 3.77. The van der Waals surface area contributed by atoms with Gasteiger partial charge < -0.3 is 14.6 Å². The highest BCUT2D eigenvalue weighted by atomic mass is 16.5. The highest BCUT2D eigenvalue weighted by Crippen LogP contribution is 2.11. The maximum Gasteiger partial charge on any atom is 0.267 e. The van der Waals surface area contributed by atoms with Crippen LogP contribution >= 0.6 is 0 Å². The lowest BCUT2D eigenvalue weighted by Gasteiger charge is -2.15. The molecule has 0 fully saturated rings. The van der Waals surface area contributed by atoms with Crippen LogP contribution in [0.15, 0.2) is 35.3 Å². The summed E-state index contributed by atoms with van der Waals surface area (Å²) in [4.78, 5) is 30.7. The molecule has 2 N–H and O–H groups in total. The van der Waals surface area contributed by atoms with Crippen LogP contribution in [0.5, 0.6) is 0 Å². The van der Waals surface area contributed by atoms with Crippen LogP contribution in [-0.4, -0.2) is 39.6 Å². The second-order valence-corrected chi connectivity index (χ2v) is 7.86. The van der Waals surface area contributed by atoms with E-state index in [1.807, 2.05) is 13.0 Å². The van der Waals surface area contributed by atoms with Gasteiger partial charge >= 0.3 is 0 Å². The van der Waals surface area contributed by atoms with Crippen LogP contribution in [0.3, 0.4) is 0 Å². The Labute approximate surface area is 187 Å². The summed E-state index contributed by atoms with van der Waals surface area (Å²) in [7, 11) is 0. The van der Waals surface area contributed by atoms with Crippen LogP contribution < -0.4 is 16.4 Å². The highest BCUT2D eigenvalue weighted by Gasteiger charge is 2.17. The van der Waals surface area contributed by atoms with Gasteiger partial charge in [-0.1, -0.05) is 38.7 Å². The maximum atomic E-state index is 13.2. The lowest BCUT2D eigenvalue weighted by atomic mass is 10.1. The molecular weight excluding hydrogens is 406 g/mol. The molecule has 0 saturated carbocycles. The Bertz CT molecular complexity index is 1180. The minimum absolute atomic E-state index is 0.0599. The molecule has 3 heterocycles. The molecule has 3 aromatic heterocycles. The molecule has 0 bridgehead atoms. The molecule has 0 aliphatic heterocycles. The number of nitrogens with zero attached hydrogens (tertiary/aromatic N) is 3. The number of ether oxygens (including phenoxy) is 1. The topological polar surface area (TPSA) is 101 Å². The summed E-state index contributed by atoms with van der Waals surface area (Å²) in [5.41, 5.74) is 0.922. The van der Waals surface area contributed by atoms with E-state index in [2.05, 4.69) is 17.2 Å². The van der Waals surface area contributed by atoms with Crippen molar-refractivity contribution in [2.45, 2.75) is 58.9 Å². The van der Waals surface area contributed by atoms with Crippen molar-refractivity contribution in [1.29, 1.82) is 5.41 Å². The Hall–Kier alpha value is -3.00. The number of aromatic nitrogens is 3. The van der Waals surface area contributed by atoms with Crippen LogP contribution in [-0.2, 0) is 11.3 Å². The third kappa shape index (κ3) is 5.43. The number of aryl methyl sites for hydroxylation is 1. The molecule has 0 radical (unpaired) electrons. The first-order valence-electron chi connectivity index (χ1n) is 11.5. The molecule has 0 unspecified atom stereocenters. The lowest BCUT2D eigenvalue weighted by Crippen LogP contribution is -2.35. The number of carbonyl (C=O) groups excluding carboxylic acids is 1. The number of nitrogens with one attached hydrogen (secondary N) is 2. The van der Waals surface area contributed by atoms with Gasteiger partial charge in [0, 0.05) is 32.5 Å². The zero-order valence-corrected chi connectivity index (χ0v) is 19.0. The van der Waals surface area contributed by atoms with E-state index in [1.54, 1.807) is 22.9 Å². The molecule has 0 saturated heterocycles. The molecule has 0 spiro atoms. The average Bonchev–Trinajstić information content (AvgIpc) is 2.80. The maximum absolute atomic E-state index is 13.2. The number of fused-ring (bicyclic) bond motifs is 2. The fraction of sp³-hybridized carbons (Fsp3) is 0.500. The molecule has 1 amide bonds. The standard InChI is InChI=1S/C24H33N5O3/c1-3-5-6-7-9-13-26-23(30)18-17-19-22(29(21(18)25)15-11-16-32-4-2)27-20-12-8-10-14-28(20)24(19)31/h8,10,12,14,17,25H,3-7,9,11,13,15-16H2,1-2H3,(H,26,30).